The maximum Gasteiger partial charge on any atom is 0.323 e. The van der Waals surface area contributed by atoms with Crippen molar-refractivity contribution in [1.29, 1.82) is 0 Å². The van der Waals surface area contributed by atoms with Gasteiger partial charge in [-0.1, -0.05) is 90.9 Å². The van der Waals surface area contributed by atoms with Gasteiger partial charge in [0, 0.05) is 0 Å². The molecular weight excluding hydrogens is 408 g/mol. The van der Waals surface area contributed by atoms with E-state index in [1.807, 2.05) is 0 Å². The quantitative estimate of drug-likeness (QED) is 0.148. The lowest BCUT2D eigenvalue weighted by Crippen LogP contribution is -2.34. The Kier molecular flexibility index (Phi) is 17.9. The fourth-order valence-corrected chi connectivity index (χ4v) is 3.73. The second-order valence-corrected chi connectivity index (χ2v) is 9.37. The molecule has 0 aliphatic rings. The molecule has 0 saturated heterocycles. The SMILES string of the molecule is CCCCCCCCCOC(=O)CC(C(=O)OCCCCCCCCC)S(=O)(=O)[O-]. The topological polar surface area (TPSA) is 110 Å². The second kappa shape index (κ2) is 18.6. The molecule has 1 atom stereocenters. The number of hydrogen-bond donors (Lipinski definition) is 0. The van der Waals surface area contributed by atoms with Crippen molar-refractivity contribution in [1.82, 2.24) is 0 Å². The third-order valence-corrected chi connectivity index (χ3v) is 6.02. The van der Waals surface area contributed by atoms with Crippen molar-refractivity contribution < 1.29 is 32.0 Å². The average Bonchev–Trinajstić information content (AvgIpc) is 2.69. The van der Waals surface area contributed by atoms with E-state index >= 15 is 0 Å². The summed E-state index contributed by atoms with van der Waals surface area (Å²) in [5.74, 6) is -2.03. The molecule has 0 aliphatic carbocycles. The molecule has 0 bridgehead atoms. The molecule has 8 heteroatoms. The normalized spacial score (nSPS) is 12.5. The first-order valence-electron chi connectivity index (χ1n) is 11.6. The van der Waals surface area contributed by atoms with Crippen LogP contribution in [0, 0.1) is 0 Å². The molecule has 0 aromatic carbocycles. The fraction of sp³-hybridized carbons (Fsp3) is 0.909. The summed E-state index contributed by atoms with van der Waals surface area (Å²) in [6, 6.07) is 0. The van der Waals surface area contributed by atoms with Gasteiger partial charge in [-0.15, -0.1) is 0 Å². The highest BCUT2D eigenvalue weighted by atomic mass is 32.2. The van der Waals surface area contributed by atoms with Gasteiger partial charge in [-0.2, -0.15) is 0 Å². The Morgan fingerprint density at radius 3 is 1.53 bits per heavy atom. The van der Waals surface area contributed by atoms with Gasteiger partial charge in [0.25, 0.3) is 0 Å². The summed E-state index contributed by atoms with van der Waals surface area (Å²) in [6.45, 7) is 4.50. The third kappa shape index (κ3) is 16.6. The predicted octanol–water partition coefficient (Wildman–Crippen LogP) is 4.88. The zero-order valence-corrected chi connectivity index (χ0v) is 19.7. The van der Waals surface area contributed by atoms with E-state index in [9.17, 15) is 22.6 Å². The molecule has 30 heavy (non-hydrogen) atoms. The molecule has 7 nitrogen and oxygen atoms in total. The molecule has 178 valence electrons. The van der Waals surface area contributed by atoms with Crippen molar-refractivity contribution in [3.8, 4) is 0 Å². The van der Waals surface area contributed by atoms with Crippen molar-refractivity contribution in [2.45, 2.75) is 115 Å². The van der Waals surface area contributed by atoms with Crippen molar-refractivity contribution in [2.75, 3.05) is 13.2 Å². The smallest absolute Gasteiger partial charge is 0.323 e. The number of carbonyl (C=O) groups is 2. The zero-order chi connectivity index (χ0) is 22.7. The van der Waals surface area contributed by atoms with E-state index < -0.39 is 33.7 Å². The first kappa shape index (κ1) is 28.9. The molecule has 0 aromatic rings. The van der Waals surface area contributed by atoms with E-state index in [0.29, 0.717) is 12.8 Å². The van der Waals surface area contributed by atoms with E-state index in [1.54, 1.807) is 0 Å². The Labute approximate surface area is 183 Å². The maximum atomic E-state index is 12.0. The van der Waals surface area contributed by atoms with E-state index in [2.05, 4.69) is 13.8 Å². The van der Waals surface area contributed by atoms with E-state index in [0.717, 1.165) is 38.5 Å². The molecule has 0 aliphatic heterocycles. The van der Waals surface area contributed by atoms with E-state index in [-0.39, 0.29) is 13.2 Å². The summed E-state index contributed by atoms with van der Waals surface area (Å²) in [5, 5.41) is -2.04. The summed E-state index contributed by atoms with van der Waals surface area (Å²) in [7, 11) is -4.99. The Balaban J connectivity index is 4.08. The number of rotatable bonds is 20. The molecule has 1 unspecified atom stereocenters. The molecule has 0 radical (unpaired) electrons. The van der Waals surface area contributed by atoms with Crippen molar-refractivity contribution in [3.05, 3.63) is 0 Å². The van der Waals surface area contributed by atoms with Gasteiger partial charge in [-0.3, -0.25) is 9.59 Å². The number of hydrogen-bond acceptors (Lipinski definition) is 7. The third-order valence-electron chi connectivity index (χ3n) is 4.97. The maximum absolute atomic E-state index is 12.0. The van der Waals surface area contributed by atoms with Crippen LogP contribution in [0.2, 0.25) is 0 Å². The van der Waals surface area contributed by atoms with Gasteiger partial charge in [0.15, 0.2) is 5.25 Å². The van der Waals surface area contributed by atoms with Crippen molar-refractivity contribution in [2.24, 2.45) is 0 Å². The number of ether oxygens (including phenoxy) is 2. The minimum atomic E-state index is -4.99. The summed E-state index contributed by atoms with van der Waals surface area (Å²) in [4.78, 5) is 23.8. The molecule has 0 fully saturated rings. The van der Waals surface area contributed by atoms with Gasteiger partial charge in [-0.25, -0.2) is 8.42 Å². The minimum absolute atomic E-state index is 0.0473. The minimum Gasteiger partial charge on any atom is -0.747 e. The Bertz CT molecular complexity index is 546. The molecular formula is C22H41O7S-. The average molecular weight is 450 g/mol. The van der Waals surface area contributed by atoms with Crippen LogP contribution >= 0.6 is 0 Å². The van der Waals surface area contributed by atoms with Crippen molar-refractivity contribution >= 4 is 22.1 Å². The van der Waals surface area contributed by atoms with Gasteiger partial charge in [0.2, 0.25) is 0 Å². The first-order valence-corrected chi connectivity index (χ1v) is 13.1. The highest BCUT2D eigenvalue weighted by Gasteiger charge is 2.30. The van der Waals surface area contributed by atoms with Crippen molar-refractivity contribution in [3.63, 3.8) is 0 Å². The molecule has 0 heterocycles. The predicted molar refractivity (Wildman–Crippen MR) is 116 cm³/mol. The standard InChI is InChI=1S/C22H42O7S/c1-3-5-7-9-11-13-15-17-28-21(23)19-20(30(25,26)27)22(24)29-18-16-14-12-10-8-6-4-2/h20H,3-19H2,1-2H3,(H,25,26,27)/p-1. The Morgan fingerprint density at radius 1 is 0.700 bits per heavy atom. The molecule has 0 N–H and O–H groups in total. The fourth-order valence-electron chi connectivity index (χ4n) is 3.08. The van der Waals surface area contributed by atoms with Crippen LogP contribution in [0.15, 0.2) is 0 Å². The number of carbonyl (C=O) groups excluding carboxylic acids is 2. The summed E-state index contributed by atoms with van der Waals surface area (Å²) < 4.78 is 44.1. The van der Waals surface area contributed by atoms with Crippen LogP contribution in [0.4, 0.5) is 0 Å². The van der Waals surface area contributed by atoms with Crippen LogP contribution in [-0.4, -0.2) is 43.4 Å². The van der Waals surface area contributed by atoms with Crippen LogP contribution in [0.25, 0.3) is 0 Å². The largest absolute Gasteiger partial charge is 0.747 e. The Hall–Kier alpha value is -1.15. The molecule has 0 aromatic heterocycles. The van der Waals surface area contributed by atoms with Crippen LogP contribution in [-0.2, 0) is 29.2 Å². The van der Waals surface area contributed by atoms with Crippen LogP contribution < -0.4 is 0 Å². The number of esters is 2. The van der Waals surface area contributed by atoms with E-state index in [1.165, 1.54) is 38.5 Å². The second-order valence-electron chi connectivity index (χ2n) is 7.82. The zero-order valence-electron chi connectivity index (χ0n) is 18.9. The van der Waals surface area contributed by atoms with Crippen LogP contribution in [0.1, 0.15) is 110 Å². The number of unbranched alkanes of at least 4 members (excludes halogenated alkanes) is 12. The highest BCUT2D eigenvalue weighted by Crippen LogP contribution is 2.12. The monoisotopic (exact) mass is 449 g/mol. The molecule has 0 rings (SSSR count). The summed E-state index contributed by atoms with van der Waals surface area (Å²) in [6.07, 6.45) is 13.7. The van der Waals surface area contributed by atoms with Gasteiger partial charge in [-0.05, 0) is 12.8 Å². The summed E-state index contributed by atoms with van der Waals surface area (Å²) >= 11 is 0. The van der Waals surface area contributed by atoms with Gasteiger partial charge >= 0.3 is 11.9 Å². The van der Waals surface area contributed by atoms with E-state index in [4.69, 9.17) is 9.47 Å². The van der Waals surface area contributed by atoms with Gasteiger partial charge in [0.1, 0.15) is 10.1 Å². The highest BCUT2D eigenvalue weighted by molar-refractivity contribution is 7.87. The van der Waals surface area contributed by atoms with Gasteiger partial charge in [0.05, 0.1) is 19.6 Å². The molecule has 0 spiro atoms. The van der Waals surface area contributed by atoms with Gasteiger partial charge < -0.3 is 14.0 Å². The summed E-state index contributed by atoms with van der Waals surface area (Å²) in [5.41, 5.74) is 0. The lowest BCUT2D eigenvalue weighted by Gasteiger charge is -2.18. The Morgan fingerprint density at radius 2 is 1.10 bits per heavy atom. The molecule has 0 amide bonds. The first-order chi connectivity index (χ1) is 14.3. The lowest BCUT2D eigenvalue weighted by atomic mass is 10.1. The van der Waals surface area contributed by atoms with Crippen LogP contribution in [0.3, 0.4) is 0 Å². The molecule has 0 saturated carbocycles. The lowest BCUT2D eigenvalue weighted by molar-refractivity contribution is -0.150. The van der Waals surface area contributed by atoms with Crippen LogP contribution in [0.5, 0.6) is 0 Å².